The molecule has 0 spiro atoms. The van der Waals surface area contributed by atoms with E-state index in [0.29, 0.717) is 17.6 Å². The number of hydrazine groups is 1. The van der Waals surface area contributed by atoms with Crippen molar-refractivity contribution in [2.24, 2.45) is 5.84 Å². The first-order chi connectivity index (χ1) is 8.22. The molecule has 0 aromatic carbocycles. The van der Waals surface area contributed by atoms with Crippen LogP contribution in [0.15, 0.2) is 6.07 Å². The van der Waals surface area contributed by atoms with E-state index in [4.69, 9.17) is 5.84 Å². The van der Waals surface area contributed by atoms with E-state index in [2.05, 4.69) is 26.0 Å². The van der Waals surface area contributed by atoms with Crippen LogP contribution in [0.5, 0.6) is 0 Å². The number of likely N-dealkylation sites (N-methyl/N-ethyl adjacent to an activating group) is 1. The summed E-state index contributed by atoms with van der Waals surface area (Å²) >= 11 is 0. The van der Waals surface area contributed by atoms with Crippen LogP contribution in [0.3, 0.4) is 0 Å². The van der Waals surface area contributed by atoms with Gasteiger partial charge in [-0.2, -0.15) is 0 Å². The largest absolute Gasteiger partial charge is 0.361 e. The van der Waals surface area contributed by atoms with Crippen LogP contribution in [0.25, 0.3) is 0 Å². The van der Waals surface area contributed by atoms with E-state index < -0.39 is 0 Å². The molecule has 92 valence electrons. The third-order valence-corrected chi connectivity index (χ3v) is 2.54. The van der Waals surface area contributed by atoms with Gasteiger partial charge in [0, 0.05) is 19.0 Å². The molecule has 0 unspecified atom stereocenters. The molecule has 1 aliphatic rings. The summed E-state index contributed by atoms with van der Waals surface area (Å²) in [5.41, 5.74) is 2.50. The summed E-state index contributed by atoms with van der Waals surface area (Å²) in [6, 6.07) is 1.68. The van der Waals surface area contributed by atoms with Crippen molar-refractivity contribution in [3.05, 3.63) is 11.9 Å². The van der Waals surface area contributed by atoms with E-state index in [1.807, 2.05) is 0 Å². The molecule has 1 heterocycles. The summed E-state index contributed by atoms with van der Waals surface area (Å²) < 4.78 is 0. The highest BCUT2D eigenvalue weighted by atomic mass is 16.1. The Balaban J connectivity index is 2.09. The summed E-state index contributed by atoms with van der Waals surface area (Å²) in [6.07, 6.45) is 2.23. The second kappa shape index (κ2) is 4.96. The van der Waals surface area contributed by atoms with Gasteiger partial charge in [0.2, 0.25) is 5.91 Å². The van der Waals surface area contributed by atoms with Gasteiger partial charge in [-0.3, -0.25) is 4.79 Å². The zero-order valence-corrected chi connectivity index (χ0v) is 9.66. The predicted octanol–water partition coefficient (Wildman–Crippen LogP) is -0.202. The molecule has 0 saturated heterocycles. The van der Waals surface area contributed by atoms with Crippen molar-refractivity contribution < 1.29 is 4.79 Å². The van der Waals surface area contributed by atoms with Crippen molar-refractivity contribution in [1.82, 2.24) is 15.3 Å². The minimum absolute atomic E-state index is 0.0983. The molecule has 17 heavy (non-hydrogen) atoms. The Kier molecular flexibility index (Phi) is 3.38. The molecule has 0 bridgehead atoms. The van der Waals surface area contributed by atoms with Crippen LogP contribution < -0.4 is 21.9 Å². The van der Waals surface area contributed by atoms with Crippen LogP contribution in [0.1, 0.15) is 24.6 Å². The van der Waals surface area contributed by atoms with Crippen molar-refractivity contribution in [3.8, 4) is 0 Å². The van der Waals surface area contributed by atoms with E-state index in [0.717, 1.165) is 18.7 Å². The van der Waals surface area contributed by atoms with Crippen LogP contribution in [0, 0.1) is 0 Å². The number of nitrogens with one attached hydrogen (secondary N) is 3. The minimum atomic E-state index is -0.0983. The van der Waals surface area contributed by atoms with E-state index in [1.165, 1.54) is 0 Å². The van der Waals surface area contributed by atoms with Crippen molar-refractivity contribution >= 4 is 17.5 Å². The Morgan fingerprint density at radius 3 is 2.76 bits per heavy atom. The number of rotatable bonds is 5. The van der Waals surface area contributed by atoms with E-state index in [-0.39, 0.29) is 12.5 Å². The molecule has 1 aromatic heterocycles. The standard InChI is InChI=1S/C10H16N6O/c1-12-9(17)5-13-7-4-8(16-11)15-10(14-7)6-2-3-6/h4,6H,2-3,5,11H2,1H3,(H,12,17)(H2,13,14,15,16). The zero-order valence-electron chi connectivity index (χ0n) is 9.66. The first kappa shape index (κ1) is 11.6. The fourth-order valence-corrected chi connectivity index (χ4v) is 1.41. The molecule has 1 aliphatic carbocycles. The maximum Gasteiger partial charge on any atom is 0.239 e. The highest BCUT2D eigenvalue weighted by Gasteiger charge is 2.27. The Morgan fingerprint density at radius 1 is 1.47 bits per heavy atom. The molecule has 0 radical (unpaired) electrons. The molecular weight excluding hydrogens is 220 g/mol. The average Bonchev–Trinajstić information content (AvgIpc) is 3.19. The zero-order chi connectivity index (χ0) is 12.3. The number of anilines is 2. The molecule has 1 fully saturated rings. The molecule has 7 heteroatoms. The first-order valence-electron chi connectivity index (χ1n) is 5.53. The maximum atomic E-state index is 11.1. The average molecular weight is 236 g/mol. The van der Waals surface area contributed by atoms with Gasteiger partial charge >= 0.3 is 0 Å². The Morgan fingerprint density at radius 2 is 2.18 bits per heavy atom. The van der Waals surface area contributed by atoms with Gasteiger partial charge in [0.25, 0.3) is 0 Å². The Bertz CT molecular complexity index is 417. The van der Waals surface area contributed by atoms with Crippen LogP contribution in [0.2, 0.25) is 0 Å². The number of carbonyl (C=O) groups is 1. The van der Waals surface area contributed by atoms with E-state index in [9.17, 15) is 4.79 Å². The highest BCUT2D eigenvalue weighted by Crippen LogP contribution is 2.38. The van der Waals surface area contributed by atoms with Crippen molar-refractivity contribution in [2.45, 2.75) is 18.8 Å². The molecule has 1 saturated carbocycles. The summed E-state index contributed by atoms with van der Waals surface area (Å²) in [4.78, 5) is 19.7. The number of amides is 1. The van der Waals surface area contributed by atoms with Crippen LogP contribution in [-0.2, 0) is 4.79 Å². The Labute approximate surface area is 99.2 Å². The number of aromatic nitrogens is 2. The number of nitrogen functional groups attached to an aromatic ring is 1. The monoisotopic (exact) mass is 236 g/mol. The highest BCUT2D eigenvalue weighted by molar-refractivity contribution is 5.80. The molecule has 0 atom stereocenters. The third kappa shape index (κ3) is 3.04. The van der Waals surface area contributed by atoms with E-state index in [1.54, 1.807) is 13.1 Å². The third-order valence-electron chi connectivity index (χ3n) is 2.54. The van der Waals surface area contributed by atoms with Crippen molar-refractivity contribution in [2.75, 3.05) is 24.3 Å². The predicted molar refractivity (Wildman–Crippen MR) is 64.4 cm³/mol. The molecule has 1 aromatic rings. The van der Waals surface area contributed by atoms with Crippen LogP contribution in [-0.4, -0.2) is 29.5 Å². The van der Waals surface area contributed by atoms with Gasteiger partial charge in [-0.15, -0.1) is 0 Å². The second-order valence-electron chi connectivity index (χ2n) is 3.94. The smallest absolute Gasteiger partial charge is 0.239 e. The van der Waals surface area contributed by atoms with Gasteiger partial charge in [0.1, 0.15) is 17.5 Å². The quantitative estimate of drug-likeness (QED) is 0.417. The molecule has 2 rings (SSSR count). The number of hydrogen-bond acceptors (Lipinski definition) is 6. The lowest BCUT2D eigenvalue weighted by Gasteiger charge is -2.08. The van der Waals surface area contributed by atoms with Gasteiger partial charge in [0.05, 0.1) is 6.54 Å². The minimum Gasteiger partial charge on any atom is -0.361 e. The molecule has 5 N–H and O–H groups in total. The Hall–Kier alpha value is -1.89. The molecule has 1 amide bonds. The summed E-state index contributed by atoms with van der Waals surface area (Å²) in [5.74, 6) is 7.62. The summed E-state index contributed by atoms with van der Waals surface area (Å²) in [6.45, 7) is 0.182. The molecule has 0 aliphatic heterocycles. The van der Waals surface area contributed by atoms with Crippen molar-refractivity contribution in [3.63, 3.8) is 0 Å². The van der Waals surface area contributed by atoms with Crippen LogP contribution >= 0.6 is 0 Å². The summed E-state index contributed by atoms with van der Waals surface area (Å²) in [5, 5.41) is 5.46. The first-order valence-corrected chi connectivity index (χ1v) is 5.53. The van der Waals surface area contributed by atoms with Crippen LogP contribution in [0.4, 0.5) is 11.6 Å². The fraction of sp³-hybridized carbons (Fsp3) is 0.500. The SMILES string of the molecule is CNC(=O)CNc1cc(NN)nc(C2CC2)n1. The fourth-order valence-electron chi connectivity index (χ4n) is 1.41. The molecule has 7 nitrogen and oxygen atoms in total. The van der Waals surface area contributed by atoms with Crippen molar-refractivity contribution in [1.29, 1.82) is 0 Å². The lowest BCUT2D eigenvalue weighted by atomic mass is 10.3. The number of carbonyl (C=O) groups excluding carboxylic acids is 1. The number of nitrogens with zero attached hydrogens (tertiary/aromatic N) is 2. The second-order valence-corrected chi connectivity index (χ2v) is 3.94. The van der Waals surface area contributed by atoms with Gasteiger partial charge < -0.3 is 16.1 Å². The van der Waals surface area contributed by atoms with Gasteiger partial charge in [-0.05, 0) is 12.8 Å². The van der Waals surface area contributed by atoms with E-state index >= 15 is 0 Å². The topological polar surface area (TPSA) is 105 Å². The van der Waals surface area contributed by atoms with Gasteiger partial charge in [-0.1, -0.05) is 0 Å². The number of nitrogens with two attached hydrogens (primary N) is 1. The lowest BCUT2D eigenvalue weighted by molar-refractivity contribution is -0.118. The maximum absolute atomic E-state index is 11.1. The summed E-state index contributed by atoms with van der Waals surface area (Å²) in [7, 11) is 1.59. The van der Waals surface area contributed by atoms with Gasteiger partial charge in [0.15, 0.2) is 0 Å². The normalized spacial score (nSPS) is 14.2. The lowest BCUT2D eigenvalue weighted by Crippen LogP contribution is -2.26. The number of hydrogen-bond donors (Lipinski definition) is 4. The van der Waals surface area contributed by atoms with Gasteiger partial charge in [-0.25, -0.2) is 15.8 Å². The molecular formula is C10H16N6O.